The van der Waals surface area contributed by atoms with Gasteiger partial charge in [0, 0.05) is 19.4 Å². The van der Waals surface area contributed by atoms with Crippen molar-refractivity contribution < 1.29 is 37.9 Å². The Morgan fingerprint density at radius 2 is 1.08 bits per heavy atom. The number of amides is 1. The number of aliphatic hydroxyl groups is 1. The Labute approximate surface area is 310 Å². The van der Waals surface area contributed by atoms with E-state index in [1.54, 1.807) is 0 Å². The number of phosphoric ester groups is 1. The summed E-state index contributed by atoms with van der Waals surface area (Å²) in [5.41, 5.74) is 0. The minimum absolute atomic E-state index is 0.0682. The number of unbranched alkanes of at least 4 members (excludes halogenated alkanes) is 13. The highest BCUT2D eigenvalue weighted by atomic mass is 31.2. The van der Waals surface area contributed by atoms with Crippen LogP contribution in [0.2, 0.25) is 0 Å². The minimum Gasteiger partial charge on any atom is -0.463 e. The molecule has 0 saturated heterocycles. The summed E-state index contributed by atoms with van der Waals surface area (Å²) in [6.45, 7) is 3.41. The van der Waals surface area contributed by atoms with Crippen molar-refractivity contribution in [2.75, 3.05) is 26.4 Å². The lowest BCUT2D eigenvalue weighted by Crippen LogP contribution is -2.27. The Balaban J connectivity index is 3.73. The molecule has 0 heterocycles. The number of hydrogen-bond donors (Lipinski definition) is 3. The van der Waals surface area contributed by atoms with E-state index in [1.807, 2.05) is 6.08 Å². The normalized spacial score (nSPS) is 14.0. The van der Waals surface area contributed by atoms with Gasteiger partial charge in [-0.15, -0.1) is 0 Å². The number of carbonyl (C=O) groups is 2. The summed E-state index contributed by atoms with van der Waals surface area (Å²) in [7, 11) is -4.43. The topological polar surface area (TPSA) is 131 Å². The van der Waals surface area contributed by atoms with Crippen LogP contribution in [-0.4, -0.2) is 54.3 Å². The molecule has 0 aromatic rings. The molecule has 294 valence electrons. The molecule has 0 aliphatic heterocycles. The molecule has 1 amide bonds. The summed E-state index contributed by atoms with van der Waals surface area (Å²) in [6, 6.07) is 0. The highest BCUT2D eigenvalue weighted by Crippen LogP contribution is 2.42. The van der Waals surface area contributed by atoms with Gasteiger partial charge in [-0.3, -0.25) is 18.6 Å². The van der Waals surface area contributed by atoms with Gasteiger partial charge in [0.2, 0.25) is 5.91 Å². The van der Waals surface area contributed by atoms with Crippen molar-refractivity contribution in [2.24, 2.45) is 0 Å². The largest absolute Gasteiger partial charge is 0.472 e. The van der Waals surface area contributed by atoms with Crippen molar-refractivity contribution in [3.05, 3.63) is 60.8 Å². The lowest BCUT2D eigenvalue weighted by atomic mass is 10.1. The Hall–Kier alpha value is -2.29. The number of esters is 1. The Morgan fingerprint density at radius 3 is 1.69 bits per heavy atom. The van der Waals surface area contributed by atoms with Gasteiger partial charge in [-0.2, -0.15) is 0 Å². The third-order valence-electron chi connectivity index (χ3n) is 7.92. The van der Waals surface area contributed by atoms with E-state index >= 15 is 0 Å². The van der Waals surface area contributed by atoms with Gasteiger partial charge < -0.3 is 20.1 Å². The maximum absolute atomic E-state index is 12.1. The predicted molar refractivity (Wildman–Crippen MR) is 210 cm³/mol. The molecule has 0 saturated carbocycles. The van der Waals surface area contributed by atoms with Crippen LogP contribution >= 0.6 is 7.82 Å². The van der Waals surface area contributed by atoms with Crippen LogP contribution < -0.4 is 5.32 Å². The highest BCUT2D eigenvalue weighted by molar-refractivity contribution is 7.47. The van der Waals surface area contributed by atoms with Crippen molar-refractivity contribution in [3.63, 3.8) is 0 Å². The third-order valence-corrected chi connectivity index (χ3v) is 8.90. The first-order valence-electron chi connectivity index (χ1n) is 19.8. The summed E-state index contributed by atoms with van der Waals surface area (Å²) in [4.78, 5) is 33.8. The molecule has 2 unspecified atom stereocenters. The molecule has 3 N–H and O–H groups in total. The fraction of sp³-hybridized carbons (Fsp3) is 0.707. The van der Waals surface area contributed by atoms with Crippen LogP contribution in [-0.2, 0) is 27.9 Å². The molecule has 2 atom stereocenters. The Kier molecular flexibility index (Phi) is 35.8. The van der Waals surface area contributed by atoms with Gasteiger partial charge in [0.25, 0.3) is 0 Å². The van der Waals surface area contributed by atoms with Crippen molar-refractivity contribution >= 4 is 19.7 Å². The second-order valence-electron chi connectivity index (χ2n) is 12.9. The predicted octanol–water partition coefficient (Wildman–Crippen LogP) is 10.5. The number of ether oxygens (including phenoxy) is 1. The van der Waals surface area contributed by atoms with Gasteiger partial charge in [-0.25, -0.2) is 4.57 Å². The maximum Gasteiger partial charge on any atom is 0.472 e. The number of carbonyl (C=O) groups excluding carboxylic acids is 2. The lowest BCUT2D eigenvalue weighted by molar-refractivity contribution is -0.147. The molecule has 51 heavy (non-hydrogen) atoms. The number of rotatable bonds is 36. The maximum atomic E-state index is 12.1. The summed E-state index contributed by atoms with van der Waals surface area (Å²) in [5.74, 6) is -0.588. The van der Waals surface area contributed by atoms with Crippen molar-refractivity contribution in [2.45, 2.75) is 161 Å². The van der Waals surface area contributed by atoms with Gasteiger partial charge in [0.1, 0.15) is 12.7 Å². The van der Waals surface area contributed by atoms with Crippen LogP contribution in [0.4, 0.5) is 0 Å². The van der Waals surface area contributed by atoms with Crippen LogP contribution in [0.3, 0.4) is 0 Å². The number of phosphoric acid groups is 1. The SMILES string of the molecule is CCCCC/C=C\C/C=C\C/C=C\C/C=C\CCCC(=O)OCC(O)COP(=O)(O)OCCNC(=O)CCCCCCC/C=C\CCCCCC. The quantitative estimate of drug-likeness (QED) is 0.0251. The second kappa shape index (κ2) is 37.5. The van der Waals surface area contributed by atoms with E-state index in [1.165, 1.54) is 64.2 Å². The van der Waals surface area contributed by atoms with Gasteiger partial charge >= 0.3 is 13.8 Å². The molecule has 10 heteroatoms. The van der Waals surface area contributed by atoms with E-state index in [0.29, 0.717) is 12.8 Å². The second-order valence-corrected chi connectivity index (χ2v) is 14.3. The standard InChI is InChI=1S/C41H72NO8P/c1-3-5-7-9-11-13-15-17-18-19-20-22-24-26-28-30-32-34-41(45)48-37-39(43)38-50-51(46,47)49-36-35-42-40(44)33-31-29-27-25-23-21-16-14-12-10-8-6-4-2/h11,13-14,16-18,20,22,26,28,39,43H,3-10,12,15,19,21,23-25,27,29-38H2,1-2H3,(H,42,44)(H,46,47)/b13-11-,16-14-,18-17-,22-20-,28-26-. The molecular formula is C41H72NO8P. The molecule has 9 nitrogen and oxygen atoms in total. The van der Waals surface area contributed by atoms with Gasteiger partial charge in [-0.1, -0.05) is 126 Å². The zero-order valence-electron chi connectivity index (χ0n) is 32.0. The fourth-order valence-electron chi connectivity index (χ4n) is 4.89. The van der Waals surface area contributed by atoms with Crippen molar-refractivity contribution in [3.8, 4) is 0 Å². The smallest absolute Gasteiger partial charge is 0.463 e. The molecular weight excluding hydrogens is 665 g/mol. The van der Waals surface area contributed by atoms with E-state index in [0.717, 1.165) is 57.8 Å². The molecule has 0 spiro atoms. The fourth-order valence-corrected chi connectivity index (χ4v) is 5.65. The van der Waals surface area contributed by atoms with E-state index < -0.39 is 26.5 Å². The molecule has 0 rings (SSSR count). The highest BCUT2D eigenvalue weighted by Gasteiger charge is 2.23. The molecule has 0 radical (unpaired) electrons. The zero-order valence-corrected chi connectivity index (χ0v) is 32.9. The number of allylic oxidation sites excluding steroid dienone is 10. The Bertz CT molecular complexity index is 1020. The minimum atomic E-state index is -4.43. The van der Waals surface area contributed by atoms with Crippen LogP contribution in [0.25, 0.3) is 0 Å². The molecule has 0 aliphatic rings. The monoisotopic (exact) mass is 737 g/mol. The molecule has 0 aromatic heterocycles. The van der Waals surface area contributed by atoms with Crippen LogP contribution in [0.5, 0.6) is 0 Å². The first-order valence-corrected chi connectivity index (χ1v) is 21.3. The number of nitrogens with one attached hydrogen (secondary N) is 1. The molecule has 0 bridgehead atoms. The summed E-state index contributed by atoms with van der Waals surface area (Å²) >= 11 is 0. The van der Waals surface area contributed by atoms with E-state index in [9.17, 15) is 24.2 Å². The molecule has 0 fully saturated rings. The van der Waals surface area contributed by atoms with Crippen LogP contribution in [0.15, 0.2) is 60.8 Å². The summed E-state index contributed by atoms with van der Waals surface area (Å²) in [5, 5.41) is 12.6. The Morgan fingerprint density at radius 1 is 0.608 bits per heavy atom. The molecule has 0 aliphatic carbocycles. The molecule has 0 aromatic carbocycles. The van der Waals surface area contributed by atoms with E-state index in [-0.39, 0.29) is 32.1 Å². The average molecular weight is 738 g/mol. The van der Waals surface area contributed by atoms with E-state index in [4.69, 9.17) is 13.8 Å². The van der Waals surface area contributed by atoms with E-state index in [2.05, 4.69) is 73.8 Å². The number of aliphatic hydroxyl groups excluding tert-OH is 1. The van der Waals surface area contributed by atoms with Gasteiger partial charge in [0.05, 0.1) is 13.2 Å². The van der Waals surface area contributed by atoms with Crippen molar-refractivity contribution in [1.82, 2.24) is 5.32 Å². The first-order chi connectivity index (χ1) is 24.8. The summed E-state index contributed by atoms with van der Waals surface area (Å²) in [6.07, 6.45) is 42.9. The van der Waals surface area contributed by atoms with Crippen molar-refractivity contribution in [1.29, 1.82) is 0 Å². The van der Waals surface area contributed by atoms with Crippen LogP contribution in [0, 0.1) is 0 Å². The number of hydrogen-bond acceptors (Lipinski definition) is 7. The van der Waals surface area contributed by atoms with Gasteiger partial charge in [-0.05, 0) is 77.0 Å². The van der Waals surface area contributed by atoms with Crippen LogP contribution in [0.1, 0.15) is 155 Å². The first kappa shape index (κ1) is 48.7. The third kappa shape index (κ3) is 38.8. The average Bonchev–Trinajstić information content (AvgIpc) is 3.11. The van der Waals surface area contributed by atoms with Gasteiger partial charge in [0.15, 0.2) is 0 Å². The zero-order chi connectivity index (χ0) is 37.5. The summed E-state index contributed by atoms with van der Waals surface area (Å²) < 4.78 is 26.7. The lowest BCUT2D eigenvalue weighted by Gasteiger charge is -2.15.